The van der Waals surface area contributed by atoms with Crippen LogP contribution in [0.4, 0.5) is 19.3 Å². The van der Waals surface area contributed by atoms with Gasteiger partial charge in [-0.3, -0.25) is 4.79 Å². The normalized spacial score (nSPS) is 16.7. The molecule has 0 spiro atoms. The van der Waals surface area contributed by atoms with Gasteiger partial charge < -0.3 is 15.1 Å². The fourth-order valence-corrected chi connectivity index (χ4v) is 5.94. The van der Waals surface area contributed by atoms with E-state index in [4.69, 9.17) is 0 Å². The van der Waals surface area contributed by atoms with Crippen molar-refractivity contribution in [3.05, 3.63) is 64.7 Å². The SMILES string of the molecule is CC(C)(NS(C)(=O)=O)C(=O)N1CCC(c2ccc(NC(=O)N3Cc4cc(F)cc(F)c4C3)cc2)CC1. The lowest BCUT2D eigenvalue weighted by molar-refractivity contribution is -0.137. The van der Waals surface area contributed by atoms with Gasteiger partial charge in [0, 0.05) is 37.0 Å². The molecular formula is C25H30F2N4O4S. The minimum absolute atomic E-state index is 0.0825. The molecule has 2 heterocycles. The molecule has 36 heavy (non-hydrogen) atoms. The van der Waals surface area contributed by atoms with Gasteiger partial charge in [0.05, 0.1) is 12.8 Å². The van der Waals surface area contributed by atoms with Crippen molar-refractivity contribution in [3.8, 4) is 0 Å². The topological polar surface area (TPSA) is 98.8 Å². The number of fused-ring (bicyclic) bond motifs is 1. The zero-order chi connectivity index (χ0) is 26.3. The van der Waals surface area contributed by atoms with Crippen LogP contribution in [0.25, 0.3) is 0 Å². The monoisotopic (exact) mass is 520 g/mol. The molecular weight excluding hydrogens is 490 g/mol. The summed E-state index contributed by atoms with van der Waals surface area (Å²) in [5.74, 6) is -1.33. The van der Waals surface area contributed by atoms with Crippen LogP contribution >= 0.6 is 0 Å². The largest absolute Gasteiger partial charge is 0.341 e. The van der Waals surface area contributed by atoms with Crippen LogP contribution in [0.15, 0.2) is 36.4 Å². The summed E-state index contributed by atoms with van der Waals surface area (Å²) in [6, 6.07) is 9.15. The first-order chi connectivity index (χ1) is 16.8. The van der Waals surface area contributed by atoms with Crippen molar-refractivity contribution in [2.45, 2.75) is 51.2 Å². The Morgan fingerprint density at radius 1 is 1.00 bits per heavy atom. The number of hydrogen-bond donors (Lipinski definition) is 2. The lowest BCUT2D eigenvalue weighted by atomic mass is 9.88. The fourth-order valence-electron chi connectivity index (χ4n) is 4.93. The van der Waals surface area contributed by atoms with Crippen LogP contribution in [0.1, 0.15) is 49.3 Å². The van der Waals surface area contributed by atoms with Gasteiger partial charge in [-0.15, -0.1) is 0 Å². The number of urea groups is 1. The Balaban J connectivity index is 1.31. The Bertz CT molecular complexity index is 1270. The van der Waals surface area contributed by atoms with E-state index in [1.54, 1.807) is 30.9 Å². The van der Waals surface area contributed by atoms with Crippen LogP contribution in [-0.2, 0) is 27.9 Å². The average Bonchev–Trinajstić information content (AvgIpc) is 3.22. The first-order valence-electron chi connectivity index (χ1n) is 11.7. The van der Waals surface area contributed by atoms with E-state index < -0.39 is 33.2 Å². The van der Waals surface area contributed by atoms with Gasteiger partial charge in [-0.25, -0.2) is 26.7 Å². The number of nitrogens with zero attached hydrogens (tertiary/aromatic N) is 2. The van der Waals surface area contributed by atoms with Crippen molar-refractivity contribution in [2.75, 3.05) is 24.7 Å². The fraction of sp³-hybridized carbons (Fsp3) is 0.440. The molecule has 11 heteroatoms. The van der Waals surface area contributed by atoms with Gasteiger partial charge in [-0.2, -0.15) is 0 Å². The Kier molecular flexibility index (Phi) is 7.07. The van der Waals surface area contributed by atoms with E-state index in [9.17, 15) is 26.8 Å². The minimum atomic E-state index is -3.52. The van der Waals surface area contributed by atoms with Gasteiger partial charge in [0.1, 0.15) is 17.2 Å². The molecule has 0 atom stereocenters. The molecule has 0 unspecified atom stereocenters. The number of nitrogens with one attached hydrogen (secondary N) is 2. The number of likely N-dealkylation sites (tertiary alicyclic amines) is 1. The molecule has 1 saturated heterocycles. The number of sulfonamides is 1. The number of hydrogen-bond acceptors (Lipinski definition) is 4. The summed E-state index contributed by atoms with van der Waals surface area (Å²) in [7, 11) is -3.52. The summed E-state index contributed by atoms with van der Waals surface area (Å²) >= 11 is 0. The number of benzene rings is 2. The lowest BCUT2D eigenvalue weighted by Gasteiger charge is -2.37. The number of rotatable bonds is 5. The second kappa shape index (κ2) is 9.78. The number of carbonyl (C=O) groups is 2. The zero-order valence-corrected chi connectivity index (χ0v) is 21.3. The molecule has 0 saturated carbocycles. The van der Waals surface area contributed by atoms with E-state index in [1.165, 1.54) is 11.0 Å². The standard InChI is InChI=1S/C25H30F2N4O4S/c1-25(2,29-36(3,34)35)23(32)30-10-8-17(9-11-30)16-4-6-20(7-5-16)28-24(33)31-14-18-12-19(26)13-22(27)21(18)15-31/h4-7,12-13,17,29H,8-11,14-15H2,1-3H3,(H,28,33). The van der Waals surface area contributed by atoms with E-state index in [1.807, 2.05) is 12.1 Å². The van der Waals surface area contributed by atoms with Crippen molar-refractivity contribution in [2.24, 2.45) is 0 Å². The highest BCUT2D eigenvalue weighted by molar-refractivity contribution is 7.88. The Morgan fingerprint density at radius 2 is 1.64 bits per heavy atom. The van der Waals surface area contributed by atoms with Crippen molar-refractivity contribution >= 4 is 27.6 Å². The van der Waals surface area contributed by atoms with Gasteiger partial charge in [-0.05, 0) is 61.9 Å². The van der Waals surface area contributed by atoms with E-state index in [-0.39, 0.29) is 24.9 Å². The third kappa shape index (κ3) is 5.84. The number of carbonyl (C=O) groups excluding carboxylic acids is 2. The van der Waals surface area contributed by atoms with Gasteiger partial charge in [0.2, 0.25) is 15.9 Å². The average molecular weight is 521 g/mol. The highest BCUT2D eigenvalue weighted by Gasteiger charge is 2.36. The summed E-state index contributed by atoms with van der Waals surface area (Å²) in [6.07, 6.45) is 2.51. The molecule has 2 aliphatic rings. The third-order valence-electron chi connectivity index (χ3n) is 6.64. The van der Waals surface area contributed by atoms with Crippen LogP contribution in [0, 0.1) is 11.6 Å². The van der Waals surface area contributed by atoms with Gasteiger partial charge in [-0.1, -0.05) is 12.1 Å². The number of halogens is 2. The second-order valence-electron chi connectivity index (χ2n) is 10.00. The lowest BCUT2D eigenvalue weighted by Crippen LogP contribution is -2.56. The highest BCUT2D eigenvalue weighted by Crippen LogP contribution is 2.31. The number of anilines is 1. The van der Waals surface area contributed by atoms with E-state index >= 15 is 0 Å². The third-order valence-corrected chi connectivity index (χ3v) is 7.52. The predicted molar refractivity (Wildman–Crippen MR) is 132 cm³/mol. The highest BCUT2D eigenvalue weighted by atomic mass is 32.2. The van der Waals surface area contributed by atoms with E-state index in [0.717, 1.165) is 30.7 Å². The Labute approximate surface area is 209 Å². The number of amides is 3. The molecule has 4 rings (SSSR count). The molecule has 2 aromatic rings. The van der Waals surface area contributed by atoms with Crippen LogP contribution in [0.2, 0.25) is 0 Å². The Morgan fingerprint density at radius 3 is 2.25 bits per heavy atom. The quantitative estimate of drug-likeness (QED) is 0.630. The summed E-state index contributed by atoms with van der Waals surface area (Å²) in [5, 5.41) is 2.80. The first kappa shape index (κ1) is 26.0. The molecule has 194 valence electrons. The first-order valence-corrected chi connectivity index (χ1v) is 13.6. The predicted octanol–water partition coefficient (Wildman–Crippen LogP) is 3.55. The van der Waals surface area contributed by atoms with Gasteiger partial charge >= 0.3 is 6.03 Å². The van der Waals surface area contributed by atoms with Gasteiger partial charge in [0.25, 0.3) is 0 Å². The summed E-state index contributed by atoms with van der Waals surface area (Å²) < 4.78 is 53.0. The maximum absolute atomic E-state index is 14.0. The van der Waals surface area contributed by atoms with E-state index in [0.29, 0.717) is 29.9 Å². The van der Waals surface area contributed by atoms with Crippen molar-refractivity contribution in [1.82, 2.24) is 14.5 Å². The maximum atomic E-state index is 14.0. The second-order valence-corrected chi connectivity index (χ2v) is 11.7. The molecule has 3 amide bonds. The molecule has 1 fully saturated rings. The summed E-state index contributed by atoms with van der Waals surface area (Å²) in [6.45, 7) is 4.38. The van der Waals surface area contributed by atoms with Crippen molar-refractivity contribution in [3.63, 3.8) is 0 Å². The number of piperidine rings is 1. The molecule has 2 N–H and O–H groups in total. The minimum Gasteiger partial charge on any atom is -0.341 e. The molecule has 8 nitrogen and oxygen atoms in total. The van der Waals surface area contributed by atoms with Crippen molar-refractivity contribution in [1.29, 1.82) is 0 Å². The van der Waals surface area contributed by atoms with E-state index in [2.05, 4.69) is 10.0 Å². The molecule has 0 bridgehead atoms. The molecule has 0 aromatic heterocycles. The molecule has 2 aromatic carbocycles. The smallest absolute Gasteiger partial charge is 0.322 e. The van der Waals surface area contributed by atoms with Crippen molar-refractivity contribution < 1.29 is 26.8 Å². The zero-order valence-electron chi connectivity index (χ0n) is 20.5. The molecule has 0 radical (unpaired) electrons. The van der Waals surface area contributed by atoms with Crippen LogP contribution in [0.5, 0.6) is 0 Å². The summed E-state index contributed by atoms with van der Waals surface area (Å²) in [4.78, 5) is 28.6. The molecule has 2 aliphatic heterocycles. The van der Waals surface area contributed by atoms with Crippen LogP contribution in [-0.4, -0.2) is 55.0 Å². The Hall–Kier alpha value is -3.05. The maximum Gasteiger partial charge on any atom is 0.322 e. The van der Waals surface area contributed by atoms with Gasteiger partial charge in [0.15, 0.2) is 0 Å². The summed E-state index contributed by atoms with van der Waals surface area (Å²) in [5.41, 5.74) is 1.27. The van der Waals surface area contributed by atoms with Crippen LogP contribution < -0.4 is 10.0 Å². The van der Waals surface area contributed by atoms with Crippen LogP contribution in [0.3, 0.4) is 0 Å². The molecule has 0 aliphatic carbocycles.